The predicted octanol–water partition coefficient (Wildman–Crippen LogP) is 1.58. The van der Waals surface area contributed by atoms with E-state index in [0.29, 0.717) is 5.82 Å². The first-order valence-corrected chi connectivity index (χ1v) is 5.16. The van der Waals surface area contributed by atoms with Crippen LogP contribution in [-0.2, 0) is 11.2 Å². The second kappa shape index (κ2) is 7.40. The second-order valence-electron chi connectivity index (χ2n) is 3.26. The van der Waals surface area contributed by atoms with Crippen molar-refractivity contribution in [3.05, 3.63) is 36.5 Å². The monoisotopic (exact) mass is 238 g/mol. The zero-order chi connectivity index (χ0) is 12.0. The summed E-state index contributed by atoms with van der Waals surface area (Å²) in [5, 5.41) is 0. The van der Waals surface area contributed by atoms with Gasteiger partial charge in [0.2, 0.25) is 0 Å². The van der Waals surface area contributed by atoms with Crippen LogP contribution in [0, 0.1) is 0 Å². The molecule has 0 unspecified atom stereocenters. The molecule has 1 heterocycles. The Morgan fingerprint density at radius 3 is 2.94 bits per heavy atom. The van der Waals surface area contributed by atoms with Crippen molar-refractivity contribution in [1.29, 1.82) is 0 Å². The van der Waals surface area contributed by atoms with Gasteiger partial charge >= 0.3 is 6.09 Å². The van der Waals surface area contributed by atoms with E-state index in [9.17, 15) is 4.79 Å². The largest absolute Gasteiger partial charge is 0.445 e. The molecule has 0 aliphatic rings. The van der Waals surface area contributed by atoms with Crippen LogP contribution in [0.15, 0.2) is 31.0 Å². The van der Waals surface area contributed by atoms with E-state index in [1.165, 1.54) is 11.0 Å². The Hall–Kier alpha value is -1.88. The van der Waals surface area contributed by atoms with Crippen molar-refractivity contribution in [1.82, 2.24) is 4.98 Å². The number of pyridine rings is 1. The number of aryl methyl sites for hydroxylation is 1. The smallest absolute Gasteiger partial charge is 0.415 e. The Morgan fingerprint density at radius 2 is 2.35 bits per heavy atom. The minimum absolute atomic E-state index is 0. The lowest BCUT2D eigenvalue weighted by molar-refractivity contribution is 0.167. The summed E-state index contributed by atoms with van der Waals surface area (Å²) >= 11 is 0. The number of aromatic nitrogens is 1. The first-order chi connectivity index (χ1) is 7.70. The average molecular weight is 238 g/mol. The van der Waals surface area contributed by atoms with Crippen LogP contribution in [0.3, 0.4) is 0 Å². The maximum absolute atomic E-state index is 11.6. The third kappa shape index (κ3) is 3.88. The highest BCUT2D eigenvalue weighted by Crippen LogP contribution is 2.16. The van der Waals surface area contributed by atoms with Crippen molar-refractivity contribution in [3.8, 4) is 0 Å². The van der Waals surface area contributed by atoms with E-state index in [1.807, 2.05) is 19.1 Å². The number of ether oxygens (including phenoxy) is 1. The molecule has 0 spiro atoms. The molecule has 17 heavy (non-hydrogen) atoms. The highest BCUT2D eigenvalue weighted by molar-refractivity contribution is 5.86. The van der Waals surface area contributed by atoms with Crippen LogP contribution in [0.2, 0.25) is 0 Å². The molecule has 1 rings (SSSR count). The molecule has 5 heteroatoms. The van der Waals surface area contributed by atoms with Crippen LogP contribution >= 0.6 is 0 Å². The topological polar surface area (TPSA) is 73.9 Å². The zero-order valence-electron chi connectivity index (χ0n) is 10.1. The third-order valence-corrected chi connectivity index (χ3v) is 2.16. The first kappa shape index (κ1) is 15.1. The quantitative estimate of drug-likeness (QED) is 0.747. The van der Waals surface area contributed by atoms with Gasteiger partial charge in [0.25, 0.3) is 0 Å². The predicted molar refractivity (Wildman–Crippen MR) is 67.2 cm³/mol. The summed E-state index contributed by atoms with van der Waals surface area (Å²) in [7, 11) is 1.65. The molecule has 0 bridgehead atoms. The maximum Gasteiger partial charge on any atom is 0.415 e. The number of hydrogen-bond donors (Lipinski definition) is 0. The van der Waals surface area contributed by atoms with E-state index in [2.05, 4.69) is 11.6 Å². The van der Waals surface area contributed by atoms with E-state index in [0.717, 1.165) is 12.0 Å². The van der Waals surface area contributed by atoms with Gasteiger partial charge in [0.05, 0.1) is 0 Å². The lowest BCUT2D eigenvalue weighted by Gasteiger charge is -2.17. The van der Waals surface area contributed by atoms with E-state index < -0.39 is 6.09 Å². The van der Waals surface area contributed by atoms with Crippen molar-refractivity contribution < 1.29 is 15.0 Å². The van der Waals surface area contributed by atoms with Gasteiger partial charge in [-0.3, -0.25) is 4.90 Å². The fourth-order valence-electron chi connectivity index (χ4n) is 1.32. The number of amides is 1. The lowest BCUT2D eigenvalue weighted by Crippen LogP contribution is -2.28. The summed E-state index contributed by atoms with van der Waals surface area (Å²) in [5.41, 5.74) is 1.01. The van der Waals surface area contributed by atoms with E-state index >= 15 is 0 Å². The number of rotatable bonds is 4. The third-order valence-electron chi connectivity index (χ3n) is 2.16. The summed E-state index contributed by atoms with van der Waals surface area (Å²) in [5.74, 6) is 0.638. The highest BCUT2D eigenvalue weighted by Gasteiger charge is 2.15. The molecule has 0 fully saturated rings. The molecule has 94 valence electrons. The number of hydrogen-bond acceptors (Lipinski definition) is 3. The fourth-order valence-corrected chi connectivity index (χ4v) is 1.32. The molecule has 0 saturated heterocycles. The number of carbonyl (C=O) groups is 1. The Labute approximate surface area is 101 Å². The molecule has 0 aliphatic carbocycles. The Balaban J connectivity index is 0.00000256. The van der Waals surface area contributed by atoms with Gasteiger partial charge in [-0.05, 0) is 18.1 Å². The van der Waals surface area contributed by atoms with Crippen LogP contribution in [0.1, 0.15) is 12.5 Å². The minimum atomic E-state index is -0.423. The molecule has 0 saturated carbocycles. The molecule has 0 radical (unpaired) electrons. The molecule has 1 amide bonds. The molecular weight excluding hydrogens is 220 g/mol. The minimum Gasteiger partial charge on any atom is -0.445 e. The molecule has 0 aromatic carbocycles. The molecule has 1 aromatic heterocycles. The van der Waals surface area contributed by atoms with E-state index in [1.54, 1.807) is 13.2 Å². The Morgan fingerprint density at radius 1 is 1.65 bits per heavy atom. The van der Waals surface area contributed by atoms with Crippen molar-refractivity contribution >= 4 is 11.9 Å². The van der Waals surface area contributed by atoms with Crippen molar-refractivity contribution in [2.45, 2.75) is 13.3 Å². The zero-order valence-corrected chi connectivity index (χ0v) is 10.1. The van der Waals surface area contributed by atoms with Crippen LogP contribution in [0.5, 0.6) is 0 Å². The summed E-state index contributed by atoms with van der Waals surface area (Å²) in [6, 6.07) is 3.80. The van der Waals surface area contributed by atoms with Gasteiger partial charge < -0.3 is 10.2 Å². The Bertz CT molecular complexity index is 380. The lowest BCUT2D eigenvalue weighted by atomic mass is 10.2. The summed E-state index contributed by atoms with van der Waals surface area (Å²) in [6.07, 6.45) is 3.59. The standard InChI is InChI=1S/C12H16N2O2.H2O/c1-4-9-16-12(15)14(3)11-10(5-2)7-6-8-13-11;/h4,6-8H,1,5,9H2,2-3H3;1H2. The number of carbonyl (C=O) groups excluding carboxylic acids is 1. The first-order valence-electron chi connectivity index (χ1n) is 5.16. The molecule has 0 atom stereocenters. The molecule has 1 aromatic rings. The summed E-state index contributed by atoms with van der Waals surface area (Å²) in [4.78, 5) is 17.2. The van der Waals surface area contributed by atoms with Gasteiger partial charge in [-0.1, -0.05) is 25.6 Å². The number of anilines is 1. The van der Waals surface area contributed by atoms with Crippen molar-refractivity contribution in [2.75, 3.05) is 18.6 Å². The van der Waals surface area contributed by atoms with Gasteiger partial charge in [-0.2, -0.15) is 0 Å². The van der Waals surface area contributed by atoms with Crippen LogP contribution in [-0.4, -0.2) is 30.2 Å². The SMILES string of the molecule is C=CCOC(=O)N(C)c1ncccc1CC.O. The average Bonchev–Trinajstić information content (AvgIpc) is 2.34. The highest BCUT2D eigenvalue weighted by atomic mass is 16.6. The van der Waals surface area contributed by atoms with Gasteiger partial charge in [-0.25, -0.2) is 9.78 Å². The van der Waals surface area contributed by atoms with Gasteiger partial charge in [-0.15, -0.1) is 0 Å². The van der Waals surface area contributed by atoms with E-state index in [-0.39, 0.29) is 12.1 Å². The molecular formula is C12H18N2O3. The molecule has 2 N–H and O–H groups in total. The second-order valence-corrected chi connectivity index (χ2v) is 3.26. The van der Waals surface area contributed by atoms with Gasteiger partial charge in [0, 0.05) is 13.2 Å². The van der Waals surface area contributed by atoms with Crippen LogP contribution < -0.4 is 4.90 Å². The van der Waals surface area contributed by atoms with E-state index in [4.69, 9.17) is 4.74 Å². The summed E-state index contributed by atoms with van der Waals surface area (Å²) in [6.45, 7) is 5.71. The number of nitrogens with zero attached hydrogens (tertiary/aromatic N) is 2. The maximum atomic E-state index is 11.6. The van der Waals surface area contributed by atoms with Crippen molar-refractivity contribution in [2.24, 2.45) is 0 Å². The fraction of sp³-hybridized carbons (Fsp3) is 0.333. The summed E-state index contributed by atoms with van der Waals surface area (Å²) < 4.78 is 4.94. The normalized spacial score (nSPS) is 9.06. The van der Waals surface area contributed by atoms with Crippen LogP contribution in [0.4, 0.5) is 10.6 Å². The van der Waals surface area contributed by atoms with Gasteiger partial charge in [0.15, 0.2) is 0 Å². The molecule has 0 aliphatic heterocycles. The van der Waals surface area contributed by atoms with Crippen molar-refractivity contribution in [3.63, 3.8) is 0 Å². The Kier molecular flexibility index (Phi) is 6.58. The molecule has 5 nitrogen and oxygen atoms in total. The van der Waals surface area contributed by atoms with Crippen LogP contribution in [0.25, 0.3) is 0 Å². The van der Waals surface area contributed by atoms with Gasteiger partial charge in [0.1, 0.15) is 12.4 Å².